The molecule has 0 aromatic rings. The maximum atomic E-state index is 11.4. The van der Waals surface area contributed by atoms with E-state index >= 15 is 0 Å². The maximum Gasteiger partial charge on any atom is 0.310 e. The Kier molecular flexibility index (Phi) is 7.58. The second kappa shape index (κ2) is 9.93. The van der Waals surface area contributed by atoms with Crippen LogP contribution >= 0.6 is 0 Å². The molecule has 5 atom stereocenters. The van der Waals surface area contributed by atoms with Crippen LogP contribution < -0.4 is 5.32 Å². The Morgan fingerprint density at radius 1 is 1.29 bits per heavy atom. The van der Waals surface area contributed by atoms with Gasteiger partial charge in [-0.15, -0.1) is 0 Å². The number of rotatable bonds is 7. The van der Waals surface area contributed by atoms with Gasteiger partial charge in [-0.3, -0.25) is 4.79 Å². The van der Waals surface area contributed by atoms with E-state index in [4.69, 9.17) is 9.47 Å². The first kappa shape index (κ1) is 21.4. The monoisotopic (exact) mass is 391 g/mol. The number of allylic oxidation sites excluding steroid dienone is 1. The third-order valence-corrected chi connectivity index (χ3v) is 7.01. The summed E-state index contributed by atoms with van der Waals surface area (Å²) in [5.74, 6) is 1.53. The van der Waals surface area contributed by atoms with E-state index < -0.39 is 5.97 Å². The lowest BCUT2D eigenvalue weighted by molar-refractivity contribution is -0.140. The fraction of sp³-hybridized carbons (Fsp3) is 0.783. The molecule has 0 aromatic heterocycles. The lowest BCUT2D eigenvalue weighted by Gasteiger charge is -2.40. The van der Waals surface area contributed by atoms with Crippen molar-refractivity contribution in [1.82, 2.24) is 5.32 Å². The van der Waals surface area contributed by atoms with Crippen molar-refractivity contribution in [1.29, 1.82) is 0 Å². The average Bonchev–Trinajstić information content (AvgIpc) is 2.70. The van der Waals surface area contributed by atoms with Gasteiger partial charge in [-0.2, -0.15) is 0 Å². The summed E-state index contributed by atoms with van der Waals surface area (Å²) in [5.41, 5.74) is 1.24. The predicted octanol–water partition coefficient (Wildman–Crippen LogP) is 4.49. The first-order valence-electron chi connectivity index (χ1n) is 11.0. The molecule has 2 N–H and O–H groups in total. The second-order valence-electron chi connectivity index (χ2n) is 9.04. The molecule has 5 heteroatoms. The van der Waals surface area contributed by atoms with Gasteiger partial charge in [-0.05, 0) is 62.9 Å². The van der Waals surface area contributed by atoms with E-state index in [0.29, 0.717) is 30.6 Å². The summed E-state index contributed by atoms with van der Waals surface area (Å²) < 4.78 is 11.1. The Labute approximate surface area is 169 Å². The van der Waals surface area contributed by atoms with E-state index in [2.05, 4.69) is 25.2 Å². The van der Waals surface area contributed by atoms with Crippen molar-refractivity contribution in [3.8, 4) is 0 Å². The summed E-state index contributed by atoms with van der Waals surface area (Å²) in [6, 6.07) is 0.697. The molecule has 3 aliphatic rings. The van der Waals surface area contributed by atoms with Crippen LogP contribution in [0.2, 0.25) is 0 Å². The number of carboxylic acid groups (broad SMARTS) is 1. The van der Waals surface area contributed by atoms with Crippen molar-refractivity contribution in [2.75, 3.05) is 13.9 Å². The van der Waals surface area contributed by atoms with E-state index in [9.17, 15) is 9.90 Å². The molecule has 0 bridgehead atoms. The van der Waals surface area contributed by atoms with Crippen LogP contribution in [0.4, 0.5) is 0 Å². The Hall–Kier alpha value is -1.33. The lowest BCUT2D eigenvalue weighted by Crippen LogP contribution is -2.49. The molecule has 28 heavy (non-hydrogen) atoms. The molecule has 0 spiro atoms. The standard InChI is InChI=1S/C23H37NO4/c1-15-11-18(23(25)26)12-16(2)20(15)13-19-9-10-21(28-14-27-3)22(24-19)17-7-5-4-6-8-17/h10-11,16-20,22,24H,4-9,12-14H2,1-3H3,(H,25,26)/t16?,18?,19-,20?,22?/m1/s1. The van der Waals surface area contributed by atoms with Gasteiger partial charge in [0.1, 0.15) is 5.76 Å². The van der Waals surface area contributed by atoms with Crippen LogP contribution in [0, 0.1) is 23.7 Å². The van der Waals surface area contributed by atoms with Crippen molar-refractivity contribution >= 4 is 5.97 Å². The van der Waals surface area contributed by atoms with Crippen LogP contribution in [0.1, 0.15) is 65.2 Å². The molecule has 0 amide bonds. The van der Waals surface area contributed by atoms with Gasteiger partial charge in [0.25, 0.3) is 0 Å². The minimum Gasteiger partial charge on any atom is -0.481 e. The molecule has 1 heterocycles. The molecule has 2 aliphatic carbocycles. The summed E-state index contributed by atoms with van der Waals surface area (Å²) in [6.07, 6.45) is 13.5. The fourth-order valence-corrected chi connectivity index (χ4v) is 5.48. The molecule has 0 radical (unpaired) electrons. The maximum absolute atomic E-state index is 11.4. The number of carbonyl (C=O) groups is 1. The lowest BCUT2D eigenvalue weighted by atomic mass is 9.72. The molecule has 1 fully saturated rings. The highest BCUT2D eigenvalue weighted by Crippen LogP contribution is 2.38. The van der Waals surface area contributed by atoms with E-state index in [1.54, 1.807) is 7.11 Å². The molecule has 4 unspecified atom stereocenters. The summed E-state index contributed by atoms with van der Waals surface area (Å²) >= 11 is 0. The summed E-state index contributed by atoms with van der Waals surface area (Å²) in [7, 11) is 1.67. The van der Waals surface area contributed by atoms with Crippen LogP contribution in [-0.4, -0.2) is 37.1 Å². The van der Waals surface area contributed by atoms with Gasteiger partial charge >= 0.3 is 5.97 Å². The van der Waals surface area contributed by atoms with Crippen molar-refractivity contribution in [2.45, 2.75) is 77.3 Å². The minimum absolute atomic E-state index is 0.282. The van der Waals surface area contributed by atoms with E-state index in [1.165, 1.54) is 37.7 Å². The summed E-state index contributed by atoms with van der Waals surface area (Å²) in [6.45, 7) is 4.63. The Bertz CT molecular complexity index is 593. The normalized spacial score (nSPS) is 34.5. The number of carboxylic acids is 1. The van der Waals surface area contributed by atoms with Crippen molar-refractivity contribution in [2.24, 2.45) is 23.7 Å². The van der Waals surface area contributed by atoms with Crippen LogP contribution in [0.5, 0.6) is 0 Å². The van der Waals surface area contributed by atoms with Gasteiger partial charge in [-0.25, -0.2) is 0 Å². The van der Waals surface area contributed by atoms with E-state index in [1.807, 2.05) is 6.08 Å². The molecule has 1 saturated carbocycles. The number of methoxy groups -OCH3 is 1. The Balaban J connectivity index is 1.68. The highest BCUT2D eigenvalue weighted by molar-refractivity contribution is 5.72. The third-order valence-electron chi connectivity index (χ3n) is 7.01. The molecule has 158 valence electrons. The zero-order chi connectivity index (χ0) is 20.1. The van der Waals surface area contributed by atoms with Crippen LogP contribution in [0.15, 0.2) is 23.5 Å². The smallest absolute Gasteiger partial charge is 0.310 e. The van der Waals surface area contributed by atoms with Crippen molar-refractivity contribution in [3.05, 3.63) is 23.5 Å². The predicted molar refractivity (Wildman–Crippen MR) is 110 cm³/mol. The summed E-state index contributed by atoms with van der Waals surface area (Å²) in [4.78, 5) is 11.4. The van der Waals surface area contributed by atoms with E-state index in [-0.39, 0.29) is 12.0 Å². The third kappa shape index (κ3) is 5.18. The van der Waals surface area contributed by atoms with Gasteiger partial charge in [-0.1, -0.05) is 37.8 Å². The molecule has 0 saturated heterocycles. The first-order valence-corrected chi connectivity index (χ1v) is 11.0. The number of aliphatic carboxylic acids is 1. The quantitative estimate of drug-likeness (QED) is 0.494. The van der Waals surface area contributed by atoms with Crippen LogP contribution in [0.25, 0.3) is 0 Å². The van der Waals surface area contributed by atoms with Crippen LogP contribution in [-0.2, 0) is 14.3 Å². The Morgan fingerprint density at radius 3 is 2.68 bits per heavy atom. The van der Waals surface area contributed by atoms with Gasteiger partial charge in [0.2, 0.25) is 0 Å². The van der Waals surface area contributed by atoms with Gasteiger partial charge < -0.3 is 19.9 Å². The van der Waals surface area contributed by atoms with Crippen molar-refractivity contribution in [3.63, 3.8) is 0 Å². The molecule has 5 nitrogen and oxygen atoms in total. The Morgan fingerprint density at radius 2 is 2.04 bits per heavy atom. The highest BCUT2D eigenvalue weighted by atomic mass is 16.7. The zero-order valence-corrected chi connectivity index (χ0v) is 17.7. The fourth-order valence-electron chi connectivity index (χ4n) is 5.48. The number of hydrogen-bond donors (Lipinski definition) is 2. The molecular formula is C23H37NO4. The molecule has 0 aromatic carbocycles. The van der Waals surface area contributed by atoms with Gasteiger partial charge in [0.05, 0.1) is 12.0 Å². The second-order valence-corrected chi connectivity index (χ2v) is 9.04. The highest BCUT2D eigenvalue weighted by Gasteiger charge is 2.36. The number of ether oxygens (including phenoxy) is 2. The van der Waals surface area contributed by atoms with Gasteiger partial charge in [0.15, 0.2) is 6.79 Å². The van der Waals surface area contributed by atoms with Gasteiger partial charge in [0, 0.05) is 13.2 Å². The molecule has 3 rings (SSSR count). The zero-order valence-electron chi connectivity index (χ0n) is 17.7. The molecular weight excluding hydrogens is 354 g/mol. The summed E-state index contributed by atoms with van der Waals surface area (Å²) in [5, 5.41) is 13.3. The van der Waals surface area contributed by atoms with Crippen LogP contribution in [0.3, 0.4) is 0 Å². The topological polar surface area (TPSA) is 67.8 Å². The molecule has 1 aliphatic heterocycles. The average molecular weight is 392 g/mol. The number of nitrogens with one attached hydrogen (secondary N) is 1. The SMILES string of the molecule is COCOC1=CC[C@H](CC2C(C)=CC(C(=O)O)CC2C)NC1C1CCCCC1. The van der Waals surface area contributed by atoms with E-state index in [0.717, 1.165) is 25.0 Å². The number of hydrogen-bond acceptors (Lipinski definition) is 4. The first-order chi connectivity index (χ1) is 13.5. The van der Waals surface area contributed by atoms with Crippen molar-refractivity contribution < 1.29 is 19.4 Å². The largest absolute Gasteiger partial charge is 0.481 e. The minimum atomic E-state index is -0.694.